The lowest BCUT2D eigenvalue weighted by Gasteiger charge is -2.19. The third kappa shape index (κ3) is 15.3. The normalized spacial score (nSPS) is 12.6. The Kier molecular flexibility index (Phi) is 10.4. The molecule has 142 valence electrons. The number of hydrogen-bond acceptors (Lipinski definition) is 6. The van der Waals surface area contributed by atoms with E-state index in [0.717, 1.165) is 0 Å². The largest absolute Gasteiger partial charge is 0.444 e. The van der Waals surface area contributed by atoms with E-state index in [1.165, 1.54) is 6.26 Å². The van der Waals surface area contributed by atoms with Gasteiger partial charge in [0.15, 0.2) is 5.96 Å². The van der Waals surface area contributed by atoms with Crippen molar-refractivity contribution in [3.05, 3.63) is 0 Å². The van der Waals surface area contributed by atoms with Crippen molar-refractivity contribution in [1.29, 1.82) is 0 Å². The van der Waals surface area contributed by atoms with Crippen LogP contribution in [0.4, 0.5) is 4.79 Å². The third-order valence-corrected chi connectivity index (χ3v) is 3.35. The molecule has 24 heavy (non-hydrogen) atoms. The van der Waals surface area contributed by atoms with Crippen molar-refractivity contribution in [1.82, 2.24) is 16.0 Å². The van der Waals surface area contributed by atoms with Crippen molar-refractivity contribution in [2.24, 2.45) is 4.99 Å². The topological polar surface area (TPSA) is 118 Å². The Morgan fingerprint density at radius 2 is 1.62 bits per heavy atom. The molecule has 1 amide bonds. The molecular weight excluding hydrogens is 336 g/mol. The highest BCUT2D eigenvalue weighted by Gasteiger charge is 2.15. The van der Waals surface area contributed by atoms with Gasteiger partial charge in [0, 0.05) is 32.9 Å². The molecule has 0 aromatic carbocycles. The lowest BCUT2D eigenvalue weighted by atomic mass is 10.2. The van der Waals surface area contributed by atoms with Crippen LogP contribution in [0.2, 0.25) is 0 Å². The van der Waals surface area contributed by atoms with Crippen LogP contribution in [-0.4, -0.2) is 78.0 Å². The molecule has 0 heterocycles. The fourth-order valence-electron chi connectivity index (χ4n) is 1.43. The summed E-state index contributed by atoms with van der Waals surface area (Å²) in [6, 6.07) is 0. The number of ether oxygens (including phenoxy) is 2. The molecule has 0 bridgehead atoms. The summed E-state index contributed by atoms with van der Waals surface area (Å²) >= 11 is 0. The van der Waals surface area contributed by atoms with Crippen LogP contribution in [0, 0.1) is 0 Å². The minimum absolute atomic E-state index is 0.0102. The summed E-state index contributed by atoms with van der Waals surface area (Å²) in [5, 5.41) is 8.66. The monoisotopic (exact) mass is 366 g/mol. The third-order valence-electron chi connectivity index (χ3n) is 2.45. The quantitative estimate of drug-likeness (QED) is 0.292. The van der Waals surface area contributed by atoms with Gasteiger partial charge in [0.1, 0.15) is 15.4 Å². The zero-order valence-corrected chi connectivity index (χ0v) is 16.0. The Morgan fingerprint density at radius 1 is 1.04 bits per heavy atom. The molecular formula is C14H30N4O5S. The fraction of sp³-hybridized carbons (Fsp3) is 0.857. The number of nitrogens with one attached hydrogen (secondary N) is 3. The van der Waals surface area contributed by atoms with Crippen LogP contribution in [0.1, 0.15) is 20.8 Å². The molecule has 0 unspecified atom stereocenters. The van der Waals surface area contributed by atoms with Crippen LogP contribution in [0.15, 0.2) is 4.99 Å². The van der Waals surface area contributed by atoms with Gasteiger partial charge in [-0.25, -0.2) is 13.2 Å². The second-order valence-corrected chi connectivity index (χ2v) is 8.36. The summed E-state index contributed by atoms with van der Waals surface area (Å²) in [6.45, 7) is 7.30. The van der Waals surface area contributed by atoms with Crippen LogP contribution in [0.25, 0.3) is 0 Å². The Hall–Kier alpha value is -1.55. The Bertz CT molecular complexity index is 500. The Balaban J connectivity index is 3.73. The van der Waals surface area contributed by atoms with Gasteiger partial charge in [0.05, 0.1) is 19.0 Å². The second kappa shape index (κ2) is 11.1. The maximum Gasteiger partial charge on any atom is 0.407 e. The molecule has 0 aliphatic carbocycles. The molecule has 10 heteroatoms. The first-order valence-electron chi connectivity index (χ1n) is 7.70. The van der Waals surface area contributed by atoms with Gasteiger partial charge < -0.3 is 25.4 Å². The molecule has 0 aromatic heterocycles. The number of rotatable bonds is 9. The van der Waals surface area contributed by atoms with Gasteiger partial charge in [-0.1, -0.05) is 0 Å². The van der Waals surface area contributed by atoms with Crippen molar-refractivity contribution in [3.8, 4) is 0 Å². The zero-order valence-electron chi connectivity index (χ0n) is 15.1. The van der Waals surface area contributed by atoms with Crippen molar-refractivity contribution in [2.45, 2.75) is 26.4 Å². The summed E-state index contributed by atoms with van der Waals surface area (Å²) in [5.74, 6) is 0.573. The standard InChI is InChI=1S/C14H30N4O5S/c1-14(2,3)23-13(19)18-7-6-16-12(15-4)17-8-9-22-10-11-24(5,20)21/h6-11H2,1-5H3,(H,18,19)(H2,15,16,17). The predicted molar refractivity (Wildman–Crippen MR) is 94.1 cm³/mol. The highest BCUT2D eigenvalue weighted by atomic mass is 32.2. The Labute approximate surface area is 144 Å². The number of nitrogens with zero attached hydrogens (tertiary/aromatic N) is 1. The number of sulfone groups is 1. The summed E-state index contributed by atoms with van der Waals surface area (Å²) in [6.07, 6.45) is 0.706. The van der Waals surface area contributed by atoms with Crippen LogP contribution in [0.3, 0.4) is 0 Å². The molecule has 0 aliphatic rings. The first kappa shape index (κ1) is 22.4. The van der Waals surface area contributed by atoms with Gasteiger partial charge in [-0.05, 0) is 20.8 Å². The highest BCUT2D eigenvalue weighted by molar-refractivity contribution is 7.90. The van der Waals surface area contributed by atoms with Crippen LogP contribution < -0.4 is 16.0 Å². The number of carbonyl (C=O) groups is 1. The molecule has 0 saturated heterocycles. The SMILES string of the molecule is CN=C(NCCNC(=O)OC(C)(C)C)NCCOCCS(C)(=O)=O. The van der Waals surface area contributed by atoms with E-state index >= 15 is 0 Å². The summed E-state index contributed by atoms with van der Waals surface area (Å²) < 4.78 is 32.2. The number of amides is 1. The summed E-state index contributed by atoms with van der Waals surface area (Å²) in [7, 11) is -1.37. The number of aliphatic imine (C=N–C) groups is 1. The number of guanidine groups is 1. The van der Waals surface area contributed by atoms with Gasteiger partial charge in [-0.15, -0.1) is 0 Å². The van der Waals surface area contributed by atoms with E-state index in [1.54, 1.807) is 27.8 Å². The van der Waals surface area contributed by atoms with Crippen LogP contribution in [-0.2, 0) is 19.3 Å². The van der Waals surface area contributed by atoms with Gasteiger partial charge in [0.2, 0.25) is 0 Å². The van der Waals surface area contributed by atoms with Crippen molar-refractivity contribution < 1.29 is 22.7 Å². The van der Waals surface area contributed by atoms with E-state index in [0.29, 0.717) is 32.2 Å². The molecule has 0 spiro atoms. The van der Waals surface area contributed by atoms with Crippen molar-refractivity contribution in [3.63, 3.8) is 0 Å². The summed E-state index contributed by atoms with van der Waals surface area (Å²) in [4.78, 5) is 15.5. The minimum atomic E-state index is -2.99. The number of carbonyl (C=O) groups excluding carboxylic acids is 1. The first-order valence-corrected chi connectivity index (χ1v) is 9.76. The van der Waals surface area contributed by atoms with Crippen LogP contribution in [0.5, 0.6) is 0 Å². The highest BCUT2D eigenvalue weighted by Crippen LogP contribution is 2.05. The molecule has 0 aromatic rings. The van der Waals surface area contributed by atoms with E-state index in [-0.39, 0.29) is 12.4 Å². The lowest BCUT2D eigenvalue weighted by molar-refractivity contribution is 0.0529. The molecule has 3 N–H and O–H groups in total. The second-order valence-electron chi connectivity index (χ2n) is 6.10. The average Bonchev–Trinajstić information content (AvgIpc) is 2.41. The van der Waals surface area contributed by atoms with E-state index in [4.69, 9.17) is 9.47 Å². The van der Waals surface area contributed by atoms with Crippen LogP contribution >= 0.6 is 0 Å². The Morgan fingerprint density at radius 3 is 2.17 bits per heavy atom. The molecule has 0 atom stereocenters. The maximum absolute atomic E-state index is 11.4. The predicted octanol–water partition coefficient (Wildman–Crippen LogP) is -0.263. The average molecular weight is 366 g/mol. The lowest BCUT2D eigenvalue weighted by Crippen LogP contribution is -2.43. The zero-order chi connectivity index (χ0) is 18.6. The molecule has 9 nitrogen and oxygen atoms in total. The molecule has 0 radical (unpaired) electrons. The van der Waals surface area contributed by atoms with Crippen molar-refractivity contribution >= 4 is 21.9 Å². The molecule has 0 aliphatic heterocycles. The van der Waals surface area contributed by atoms with Crippen molar-refractivity contribution in [2.75, 3.05) is 51.9 Å². The van der Waals surface area contributed by atoms with Gasteiger partial charge >= 0.3 is 6.09 Å². The maximum atomic E-state index is 11.4. The molecule has 0 saturated carbocycles. The smallest absolute Gasteiger partial charge is 0.407 e. The van der Waals surface area contributed by atoms with Gasteiger partial charge in [-0.2, -0.15) is 0 Å². The molecule has 0 fully saturated rings. The number of alkyl carbamates (subject to hydrolysis) is 1. The van der Waals surface area contributed by atoms with E-state index in [1.807, 2.05) is 0 Å². The van der Waals surface area contributed by atoms with E-state index in [9.17, 15) is 13.2 Å². The van der Waals surface area contributed by atoms with Gasteiger partial charge in [0.25, 0.3) is 0 Å². The molecule has 0 rings (SSSR count). The minimum Gasteiger partial charge on any atom is -0.444 e. The van der Waals surface area contributed by atoms with Gasteiger partial charge in [-0.3, -0.25) is 4.99 Å². The number of hydrogen-bond donors (Lipinski definition) is 3. The van der Waals surface area contributed by atoms with E-state index in [2.05, 4.69) is 20.9 Å². The summed E-state index contributed by atoms with van der Waals surface area (Å²) in [5.41, 5.74) is -0.522. The fourth-order valence-corrected chi connectivity index (χ4v) is 1.85. The first-order chi connectivity index (χ1) is 11.0. The van der Waals surface area contributed by atoms with E-state index < -0.39 is 21.5 Å².